The van der Waals surface area contributed by atoms with Gasteiger partial charge in [0.25, 0.3) is 0 Å². The lowest BCUT2D eigenvalue weighted by molar-refractivity contribution is 0.137. The second kappa shape index (κ2) is 10.5. The Morgan fingerprint density at radius 2 is 1.78 bits per heavy atom. The van der Waals surface area contributed by atoms with Crippen molar-refractivity contribution in [3.05, 3.63) is 71.2 Å². The molecule has 1 aromatic heterocycles. The van der Waals surface area contributed by atoms with Crippen LogP contribution in [0.25, 0.3) is 11.0 Å². The summed E-state index contributed by atoms with van der Waals surface area (Å²) in [6, 6.07) is 15.0. The van der Waals surface area contributed by atoms with Gasteiger partial charge in [-0.05, 0) is 48.2 Å². The largest absolute Gasteiger partial charge is 0.461 e. The Hall–Kier alpha value is -1.88. The number of alkyl halides is 1. The van der Waals surface area contributed by atoms with Crippen molar-refractivity contribution in [2.24, 2.45) is 0 Å². The molecule has 0 unspecified atom stereocenters. The second-order valence-corrected chi connectivity index (χ2v) is 6.92. The van der Waals surface area contributed by atoms with Crippen LogP contribution in [0.2, 0.25) is 0 Å². The average molecular weight is 390 g/mol. The molecule has 3 nitrogen and oxygen atoms in total. The van der Waals surface area contributed by atoms with Crippen molar-refractivity contribution in [1.82, 2.24) is 5.32 Å². The number of nitrogens with one attached hydrogen (secondary N) is 1. The number of aryl methyl sites for hydroxylation is 2. The van der Waals surface area contributed by atoms with Crippen LogP contribution in [0.15, 0.2) is 52.9 Å². The lowest BCUT2D eigenvalue weighted by Crippen LogP contribution is -2.19. The van der Waals surface area contributed by atoms with Gasteiger partial charge >= 0.3 is 0 Å². The first-order valence-corrected chi connectivity index (χ1v) is 9.88. The van der Waals surface area contributed by atoms with E-state index in [4.69, 9.17) is 20.8 Å². The van der Waals surface area contributed by atoms with Crippen LogP contribution in [0.1, 0.15) is 23.3 Å². The van der Waals surface area contributed by atoms with Gasteiger partial charge < -0.3 is 14.5 Å². The fourth-order valence-corrected chi connectivity index (χ4v) is 3.03. The Morgan fingerprint density at radius 1 is 0.963 bits per heavy atom. The third kappa shape index (κ3) is 6.35. The highest BCUT2D eigenvalue weighted by Crippen LogP contribution is 2.22. The predicted molar refractivity (Wildman–Crippen MR) is 108 cm³/mol. The third-order valence-corrected chi connectivity index (χ3v) is 4.65. The van der Waals surface area contributed by atoms with Crippen LogP contribution >= 0.6 is 11.6 Å². The highest BCUT2D eigenvalue weighted by atomic mass is 35.5. The van der Waals surface area contributed by atoms with Gasteiger partial charge in [0.15, 0.2) is 0 Å². The van der Waals surface area contributed by atoms with E-state index in [-0.39, 0.29) is 5.82 Å². The summed E-state index contributed by atoms with van der Waals surface area (Å²) in [5.41, 5.74) is 3.19. The number of furan rings is 1. The van der Waals surface area contributed by atoms with Crippen molar-refractivity contribution < 1.29 is 13.5 Å². The number of hydrogen-bond acceptors (Lipinski definition) is 3. The highest BCUT2D eigenvalue weighted by Gasteiger charge is 2.06. The molecule has 0 aliphatic heterocycles. The maximum absolute atomic E-state index is 13.0. The molecule has 0 bridgehead atoms. The van der Waals surface area contributed by atoms with E-state index >= 15 is 0 Å². The second-order valence-electron chi connectivity index (χ2n) is 6.54. The minimum Gasteiger partial charge on any atom is -0.461 e. The van der Waals surface area contributed by atoms with Crippen molar-refractivity contribution in [2.75, 3.05) is 25.6 Å². The molecule has 0 spiro atoms. The Balaban J connectivity index is 1.48. The summed E-state index contributed by atoms with van der Waals surface area (Å²) in [6.07, 6.45) is 2.52. The predicted octanol–water partition coefficient (Wildman–Crippen LogP) is 5.09. The molecule has 0 radical (unpaired) electrons. The summed E-state index contributed by atoms with van der Waals surface area (Å²) < 4.78 is 24.4. The molecule has 0 atom stereocenters. The molecule has 3 rings (SSSR count). The minimum atomic E-state index is -0.203. The van der Waals surface area contributed by atoms with Gasteiger partial charge in [-0.15, -0.1) is 11.6 Å². The van der Waals surface area contributed by atoms with Gasteiger partial charge in [-0.2, -0.15) is 0 Å². The van der Waals surface area contributed by atoms with Crippen LogP contribution in [0.5, 0.6) is 0 Å². The number of hydrogen-bond donors (Lipinski definition) is 1. The minimum absolute atomic E-state index is 0.203. The summed E-state index contributed by atoms with van der Waals surface area (Å²) >= 11 is 5.61. The molecule has 0 fully saturated rings. The molecule has 1 heterocycles. The number of benzene rings is 2. The average Bonchev–Trinajstić information content (AvgIpc) is 3.09. The van der Waals surface area contributed by atoms with Gasteiger partial charge in [0, 0.05) is 37.4 Å². The summed E-state index contributed by atoms with van der Waals surface area (Å²) in [6.45, 7) is 2.99. The first-order chi connectivity index (χ1) is 13.2. The normalized spacial score (nSPS) is 11.3. The number of halogens is 2. The molecule has 0 aliphatic carbocycles. The standard InChI is InChI=1S/C22H25ClFNO2/c23-10-1-12-26-13-11-25-16-18-2-6-19-15-21(27-22(19)14-18)9-5-17-3-7-20(24)8-4-17/h2-4,6-8,14-15,25H,1,5,9-13,16H2. The van der Waals surface area contributed by atoms with Crippen molar-refractivity contribution in [3.8, 4) is 0 Å². The zero-order valence-corrected chi connectivity index (χ0v) is 16.1. The van der Waals surface area contributed by atoms with Crippen LogP contribution in [-0.4, -0.2) is 25.6 Å². The lowest BCUT2D eigenvalue weighted by atomic mass is 10.1. The Kier molecular flexibility index (Phi) is 7.69. The summed E-state index contributed by atoms with van der Waals surface area (Å²) in [7, 11) is 0. The molecule has 5 heteroatoms. The highest BCUT2D eigenvalue weighted by molar-refractivity contribution is 6.17. The van der Waals surface area contributed by atoms with Crippen LogP contribution in [-0.2, 0) is 24.1 Å². The smallest absolute Gasteiger partial charge is 0.134 e. The van der Waals surface area contributed by atoms with E-state index in [2.05, 4.69) is 29.6 Å². The molecule has 1 N–H and O–H groups in total. The van der Waals surface area contributed by atoms with Crippen LogP contribution in [0.4, 0.5) is 4.39 Å². The van der Waals surface area contributed by atoms with Gasteiger partial charge in [-0.3, -0.25) is 0 Å². The van der Waals surface area contributed by atoms with E-state index in [0.717, 1.165) is 54.6 Å². The zero-order valence-electron chi connectivity index (χ0n) is 15.3. The fraction of sp³-hybridized carbons (Fsp3) is 0.364. The Morgan fingerprint density at radius 3 is 2.59 bits per heavy atom. The zero-order chi connectivity index (χ0) is 18.9. The number of ether oxygens (including phenoxy) is 1. The van der Waals surface area contributed by atoms with Crippen molar-refractivity contribution in [1.29, 1.82) is 0 Å². The van der Waals surface area contributed by atoms with Crippen molar-refractivity contribution >= 4 is 22.6 Å². The quantitative estimate of drug-likeness (QED) is 0.366. The van der Waals surface area contributed by atoms with Gasteiger partial charge in [0.2, 0.25) is 0 Å². The van der Waals surface area contributed by atoms with E-state index in [1.54, 1.807) is 0 Å². The van der Waals surface area contributed by atoms with E-state index in [0.29, 0.717) is 19.1 Å². The summed E-state index contributed by atoms with van der Waals surface area (Å²) in [5.74, 6) is 1.39. The molecule has 0 aliphatic rings. The van der Waals surface area contributed by atoms with Crippen LogP contribution in [0, 0.1) is 5.82 Å². The van der Waals surface area contributed by atoms with E-state index in [1.807, 2.05) is 12.1 Å². The topological polar surface area (TPSA) is 34.4 Å². The molecule has 27 heavy (non-hydrogen) atoms. The van der Waals surface area contributed by atoms with Crippen LogP contribution < -0.4 is 5.32 Å². The van der Waals surface area contributed by atoms with E-state index in [9.17, 15) is 4.39 Å². The van der Waals surface area contributed by atoms with E-state index in [1.165, 1.54) is 17.7 Å². The maximum atomic E-state index is 13.0. The summed E-state index contributed by atoms with van der Waals surface area (Å²) in [4.78, 5) is 0. The first kappa shape index (κ1) is 19.9. The Labute approximate surface area is 164 Å². The molecule has 144 valence electrons. The molecule has 3 aromatic rings. The van der Waals surface area contributed by atoms with Gasteiger partial charge in [0.1, 0.15) is 17.2 Å². The molecule has 0 saturated heterocycles. The van der Waals surface area contributed by atoms with E-state index < -0.39 is 0 Å². The fourth-order valence-electron chi connectivity index (χ4n) is 2.92. The van der Waals surface area contributed by atoms with Gasteiger partial charge in [0.05, 0.1) is 6.61 Å². The Bertz CT molecular complexity index is 832. The first-order valence-electron chi connectivity index (χ1n) is 9.35. The maximum Gasteiger partial charge on any atom is 0.134 e. The number of fused-ring (bicyclic) bond motifs is 1. The molecular weight excluding hydrogens is 365 g/mol. The SMILES string of the molecule is Fc1ccc(CCc2cc3ccc(CNCCOCCCCl)cc3o2)cc1. The number of rotatable bonds is 11. The molecule has 0 amide bonds. The molecule has 2 aromatic carbocycles. The monoisotopic (exact) mass is 389 g/mol. The van der Waals surface area contributed by atoms with Crippen LogP contribution in [0.3, 0.4) is 0 Å². The lowest BCUT2D eigenvalue weighted by Gasteiger charge is -2.05. The summed E-state index contributed by atoms with van der Waals surface area (Å²) in [5, 5.41) is 4.48. The van der Waals surface area contributed by atoms with Gasteiger partial charge in [-0.25, -0.2) is 4.39 Å². The third-order valence-electron chi connectivity index (χ3n) is 4.38. The molecular formula is C22H25ClFNO2. The molecule has 0 saturated carbocycles. The van der Waals surface area contributed by atoms with Gasteiger partial charge in [-0.1, -0.05) is 24.3 Å². The van der Waals surface area contributed by atoms with Crippen molar-refractivity contribution in [2.45, 2.75) is 25.8 Å². The van der Waals surface area contributed by atoms with Crippen molar-refractivity contribution in [3.63, 3.8) is 0 Å².